The molecule has 8 heteroatoms. The molecule has 0 aliphatic rings. The SMILES string of the molecule is CN(C)C(CNC(=O)NCc1ccccc1OC(F)F)c1cccc(F)c1. The Labute approximate surface area is 156 Å². The van der Waals surface area contributed by atoms with Crippen LogP contribution in [0.3, 0.4) is 0 Å². The van der Waals surface area contributed by atoms with Crippen LogP contribution in [0.5, 0.6) is 5.75 Å². The molecule has 0 spiro atoms. The Balaban J connectivity index is 1.92. The van der Waals surface area contributed by atoms with E-state index in [0.717, 1.165) is 5.56 Å². The number of nitrogens with one attached hydrogen (secondary N) is 2. The maximum absolute atomic E-state index is 13.4. The Kier molecular flexibility index (Phi) is 7.48. The van der Waals surface area contributed by atoms with Crippen LogP contribution in [0.4, 0.5) is 18.0 Å². The van der Waals surface area contributed by atoms with E-state index < -0.39 is 12.6 Å². The summed E-state index contributed by atoms with van der Waals surface area (Å²) in [7, 11) is 3.65. The molecular weight excluding hydrogens is 359 g/mol. The minimum Gasteiger partial charge on any atom is -0.434 e. The van der Waals surface area contributed by atoms with E-state index in [1.807, 2.05) is 19.0 Å². The van der Waals surface area contributed by atoms with Gasteiger partial charge >= 0.3 is 12.6 Å². The van der Waals surface area contributed by atoms with Crippen molar-refractivity contribution in [1.82, 2.24) is 15.5 Å². The lowest BCUT2D eigenvalue weighted by Gasteiger charge is -2.25. The van der Waals surface area contributed by atoms with Gasteiger partial charge in [0.2, 0.25) is 0 Å². The zero-order valence-electron chi connectivity index (χ0n) is 15.1. The predicted octanol–water partition coefficient (Wildman–Crippen LogP) is 3.53. The van der Waals surface area contributed by atoms with Crippen molar-refractivity contribution >= 4 is 6.03 Å². The molecule has 146 valence electrons. The van der Waals surface area contributed by atoms with Crippen LogP contribution in [-0.4, -0.2) is 38.2 Å². The van der Waals surface area contributed by atoms with Crippen LogP contribution in [0.2, 0.25) is 0 Å². The molecular formula is C19H22F3N3O2. The summed E-state index contributed by atoms with van der Waals surface area (Å²) in [5, 5.41) is 5.31. The van der Waals surface area contributed by atoms with Gasteiger partial charge in [-0.15, -0.1) is 0 Å². The molecule has 2 aromatic carbocycles. The van der Waals surface area contributed by atoms with Gasteiger partial charge in [0.05, 0.1) is 6.04 Å². The standard InChI is InChI=1S/C19H22F3N3O2/c1-25(2)16(13-7-5-8-15(20)10-13)12-24-19(26)23-11-14-6-3-4-9-17(14)27-18(21)22/h3-10,16,18H,11-12H2,1-2H3,(H2,23,24,26). The van der Waals surface area contributed by atoms with E-state index in [1.54, 1.807) is 30.3 Å². The molecule has 0 bridgehead atoms. The second-order valence-corrected chi connectivity index (χ2v) is 6.08. The van der Waals surface area contributed by atoms with E-state index in [0.29, 0.717) is 5.56 Å². The molecule has 27 heavy (non-hydrogen) atoms. The van der Waals surface area contributed by atoms with Gasteiger partial charge in [-0.2, -0.15) is 8.78 Å². The highest BCUT2D eigenvalue weighted by molar-refractivity contribution is 5.74. The van der Waals surface area contributed by atoms with Crippen LogP contribution < -0.4 is 15.4 Å². The molecule has 0 aliphatic carbocycles. The number of benzene rings is 2. The fourth-order valence-electron chi connectivity index (χ4n) is 2.60. The highest BCUT2D eigenvalue weighted by atomic mass is 19.3. The number of hydrogen-bond acceptors (Lipinski definition) is 3. The summed E-state index contributed by atoms with van der Waals surface area (Å²) in [6.45, 7) is -2.66. The predicted molar refractivity (Wildman–Crippen MR) is 96.1 cm³/mol. The maximum Gasteiger partial charge on any atom is 0.387 e. The molecule has 0 aromatic heterocycles. The van der Waals surface area contributed by atoms with E-state index in [-0.39, 0.29) is 30.7 Å². The third-order valence-corrected chi connectivity index (χ3v) is 3.94. The van der Waals surface area contributed by atoms with Gasteiger partial charge in [-0.3, -0.25) is 0 Å². The second-order valence-electron chi connectivity index (χ2n) is 6.08. The van der Waals surface area contributed by atoms with Gasteiger partial charge in [0, 0.05) is 18.7 Å². The van der Waals surface area contributed by atoms with Crippen LogP contribution in [-0.2, 0) is 6.54 Å². The average molecular weight is 381 g/mol. The van der Waals surface area contributed by atoms with Crippen molar-refractivity contribution in [3.63, 3.8) is 0 Å². The van der Waals surface area contributed by atoms with E-state index in [9.17, 15) is 18.0 Å². The molecule has 2 amide bonds. The third-order valence-electron chi connectivity index (χ3n) is 3.94. The molecule has 0 radical (unpaired) electrons. The van der Waals surface area contributed by atoms with Crippen molar-refractivity contribution in [3.8, 4) is 5.75 Å². The Bertz CT molecular complexity index is 756. The number of alkyl halides is 2. The van der Waals surface area contributed by atoms with Gasteiger partial charge in [-0.1, -0.05) is 30.3 Å². The van der Waals surface area contributed by atoms with E-state index in [4.69, 9.17) is 0 Å². The molecule has 5 nitrogen and oxygen atoms in total. The first-order chi connectivity index (χ1) is 12.9. The van der Waals surface area contributed by atoms with Crippen molar-refractivity contribution in [2.75, 3.05) is 20.6 Å². The van der Waals surface area contributed by atoms with Crippen LogP contribution in [0, 0.1) is 5.82 Å². The average Bonchev–Trinajstić information content (AvgIpc) is 2.60. The minimum absolute atomic E-state index is 0.0127. The molecule has 0 fully saturated rings. The summed E-state index contributed by atoms with van der Waals surface area (Å²) in [5.41, 5.74) is 1.17. The van der Waals surface area contributed by atoms with Crippen LogP contribution in [0.15, 0.2) is 48.5 Å². The lowest BCUT2D eigenvalue weighted by Crippen LogP contribution is -2.40. The number of para-hydroxylation sites is 1. The van der Waals surface area contributed by atoms with Gasteiger partial charge in [0.25, 0.3) is 0 Å². The van der Waals surface area contributed by atoms with Crippen molar-refractivity contribution in [2.45, 2.75) is 19.2 Å². The van der Waals surface area contributed by atoms with Gasteiger partial charge in [0.1, 0.15) is 11.6 Å². The lowest BCUT2D eigenvalue weighted by atomic mass is 10.1. The van der Waals surface area contributed by atoms with Crippen molar-refractivity contribution in [1.29, 1.82) is 0 Å². The zero-order chi connectivity index (χ0) is 19.8. The van der Waals surface area contributed by atoms with Crippen molar-refractivity contribution in [3.05, 3.63) is 65.5 Å². The quantitative estimate of drug-likeness (QED) is 0.736. The maximum atomic E-state index is 13.4. The molecule has 1 unspecified atom stereocenters. The van der Waals surface area contributed by atoms with E-state index >= 15 is 0 Å². The molecule has 2 N–H and O–H groups in total. The Morgan fingerprint density at radius 1 is 1.11 bits per heavy atom. The highest BCUT2D eigenvalue weighted by Crippen LogP contribution is 2.20. The number of carbonyl (C=O) groups is 1. The summed E-state index contributed by atoms with van der Waals surface area (Å²) in [6.07, 6.45) is 0. The molecule has 2 aromatic rings. The number of ether oxygens (including phenoxy) is 1. The smallest absolute Gasteiger partial charge is 0.387 e. The summed E-state index contributed by atoms with van der Waals surface area (Å²) in [6, 6.07) is 11.7. The number of hydrogen-bond donors (Lipinski definition) is 2. The summed E-state index contributed by atoms with van der Waals surface area (Å²) in [4.78, 5) is 13.9. The fraction of sp³-hybridized carbons (Fsp3) is 0.316. The van der Waals surface area contributed by atoms with Gasteiger partial charge in [-0.05, 0) is 37.9 Å². The molecule has 0 aliphatic heterocycles. The number of nitrogens with zero attached hydrogens (tertiary/aromatic N) is 1. The number of urea groups is 1. The normalized spacial score (nSPS) is 12.1. The van der Waals surface area contributed by atoms with Crippen molar-refractivity contribution < 1.29 is 22.7 Å². The molecule has 0 saturated heterocycles. The Morgan fingerprint density at radius 2 is 1.85 bits per heavy atom. The number of carbonyl (C=O) groups excluding carboxylic acids is 1. The fourth-order valence-corrected chi connectivity index (χ4v) is 2.60. The van der Waals surface area contributed by atoms with E-state index in [2.05, 4.69) is 15.4 Å². The summed E-state index contributed by atoms with van der Waals surface area (Å²) >= 11 is 0. The number of halogens is 3. The molecule has 0 heterocycles. The van der Waals surface area contributed by atoms with Crippen LogP contribution >= 0.6 is 0 Å². The lowest BCUT2D eigenvalue weighted by molar-refractivity contribution is -0.0504. The van der Waals surface area contributed by atoms with Gasteiger partial charge in [-0.25, -0.2) is 9.18 Å². The monoisotopic (exact) mass is 381 g/mol. The number of rotatable bonds is 8. The van der Waals surface area contributed by atoms with E-state index in [1.165, 1.54) is 18.2 Å². The second kappa shape index (κ2) is 9.82. The zero-order valence-corrected chi connectivity index (χ0v) is 15.1. The minimum atomic E-state index is -2.94. The Morgan fingerprint density at radius 3 is 2.52 bits per heavy atom. The summed E-state index contributed by atoms with van der Waals surface area (Å²) < 4.78 is 42.7. The highest BCUT2D eigenvalue weighted by Gasteiger charge is 2.16. The first-order valence-electron chi connectivity index (χ1n) is 8.33. The molecule has 0 saturated carbocycles. The van der Waals surface area contributed by atoms with Crippen molar-refractivity contribution in [2.24, 2.45) is 0 Å². The largest absolute Gasteiger partial charge is 0.434 e. The number of likely N-dealkylation sites (N-methyl/N-ethyl adjacent to an activating group) is 1. The van der Waals surface area contributed by atoms with Crippen LogP contribution in [0.1, 0.15) is 17.2 Å². The molecule has 2 rings (SSSR count). The Hall–Kier alpha value is -2.74. The first-order valence-corrected chi connectivity index (χ1v) is 8.33. The van der Waals surface area contributed by atoms with Crippen LogP contribution in [0.25, 0.3) is 0 Å². The molecule has 1 atom stereocenters. The first kappa shape index (κ1) is 20.6. The van der Waals surface area contributed by atoms with Gasteiger partial charge < -0.3 is 20.3 Å². The third kappa shape index (κ3) is 6.49. The number of amides is 2. The summed E-state index contributed by atoms with van der Waals surface area (Å²) in [5.74, 6) is -0.335. The topological polar surface area (TPSA) is 53.6 Å². The van der Waals surface area contributed by atoms with Gasteiger partial charge in [0.15, 0.2) is 0 Å².